The fourth-order valence-corrected chi connectivity index (χ4v) is 2.72. The number of Topliss-reactive ketones (excluding diaryl/α,β-unsaturated/α-hetero) is 2. The van der Waals surface area contributed by atoms with Crippen molar-refractivity contribution in [2.24, 2.45) is 0 Å². The van der Waals surface area contributed by atoms with Crippen molar-refractivity contribution in [3.63, 3.8) is 0 Å². The molecular weight excluding hydrogens is 332 g/mol. The number of ether oxygens (including phenoxy) is 3. The number of carbonyl (C=O) groups is 2. The van der Waals surface area contributed by atoms with Crippen LogP contribution in [0.2, 0.25) is 5.02 Å². The highest BCUT2D eigenvalue weighted by atomic mass is 35.5. The van der Waals surface area contributed by atoms with Crippen LogP contribution in [0.5, 0.6) is 17.2 Å². The lowest BCUT2D eigenvalue weighted by Crippen LogP contribution is -2.31. The predicted octanol–water partition coefficient (Wildman–Crippen LogP) is 3.63. The lowest BCUT2D eigenvalue weighted by molar-refractivity contribution is -0.122. The van der Waals surface area contributed by atoms with E-state index >= 15 is 0 Å². The van der Waals surface area contributed by atoms with E-state index in [0.717, 1.165) is 0 Å². The van der Waals surface area contributed by atoms with Crippen LogP contribution in [0.25, 0.3) is 0 Å². The van der Waals surface area contributed by atoms with Gasteiger partial charge in [0, 0.05) is 10.6 Å². The summed E-state index contributed by atoms with van der Waals surface area (Å²) in [7, 11) is 1.51. The van der Waals surface area contributed by atoms with Crippen LogP contribution >= 0.6 is 11.6 Å². The number of carbonyl (C=O) groups excluding carboxylic acids is 2. The molecule has 0 fully saturated rings. The molecule has 2 aromatic carbocycles. The molecule has 24 heavy (non-hydrogen) atoms. The van der Waals surface area contributed by atoms with Gasteiger partial charge in [-0.1, -0.05) is 17.7 Å². The van der Waals surface area contributed by atoms with E-state index in [9.17, 15) is 9.59 Å². The summed E-state index contributed by atoms with van der Waals surface area (Å²) in [5.41, 5.74) is 0.734. The van der Waals surface area contributed by atoms with Crippen LogP contribution in [-0.2, 0) is 4.79 Å². The number of rotatable bonds is 4. The van der Waals surface area contributed by atoms with Gasteiger partial charge in [0.15, 0.2) is 17.6 Å². The average molecular weight is 347 g/mol. The van der Waals surface area contributed by atoms with Crippen LogP contribution in [0.4, 0.5) is 0 Å². The van der Waals surface area contributed by atoms with Gasteiger partial charge in [0.25, 0.3) is 0 Å². The Morgan fingerprint density at radius 3 is 2.62 bits per heavy atom. The van der Waals surface area contributed by atoms with Crippen LogP contribution in [0.15, 0.2) is 36.4 Å². The standard InChI is InChI=1S/C18H15ClO5/c1-3-23-13-7-4-10(8-15(13)22-2)18-17(21)16(20)12-6-5-11(19)9-14(12)24-18/h4-9,18H,3H2,1-2H3. The van der Waals surface area contributed by atoms with Gasteiger partial charge in [0.1, 0.15) is 5.75 Å². The summed E-state index contributed by atoms with van der Waals surface area (Å²) in [5.74, 6) is 0.101. The third kappa shape index (κ3) is 2.83. The zero-order chi connectivity index (χ0) is 17.3. The maximum Gasteiger partial charge on any atom is 0.248 e. The molecule has 0 amide bonds. The molecule has 1 aliphatic rings. The van der Waals surface area contributed by atoms with Crippen molar-refractivity contribution < 1.29 is 23.8 Å². The molecule has 0 saturated heterocycles. The Morgan fingerprint density at radius 2 is 1.92 bits per heavy atom. The van der Waals surface area contributed by atoms with Crippen molar-refractivity contribution in [2.45, 2.75) is 13.0 Å². The van der Waals surface area contributed by atoms with E-state index < -0.39 is 17.7 Å². The lowest BCUT2D eigenvalue weighted by Gasteiger charge is -2.25. The van der Waals surface area contributed by atoms with E-state index in [-0.39, 0.29) is 5.56 Å². The minimum Gasteiger partial charge on any atom is -0.493 e. The Hall–Kier alpha value is -2.53. The highest BCUT2D eigenvalue weighted by molar-refractivity contribution is 6.46. The molecule has 0 saturated carbocycles. The van der Waals surface area contributed by atoms with Gasteiger partial charge in [-0.05, 0) is 37.3 Å². The van der Waals surface area contributed by atoms with Crippen LogP contribution in [0.1, 0.15) is 28.9 Å². The van der Waals surface area contributed by atoms with Crippen LogP contribution in [0, 0.1) is 0 Å². The molecule has 1 heterocycles. The van der Waals surface area contributed by atoms with Crippen molar-refractivity contribution in [3.8, 4) is 17.2 Å². The quantitative estimate of drug-likeness (QED) is 0.791. The minimum atomic E-state index is -1.03. The summed E-state index contributed by atoms with van der Waals surface area (Å²) in [6, 6.07) is 9.57. The zero-order valence-corrected chi connectivity index (χ0v) is 13.9. The first-order valence-electron chi connectivity index (χ1n) is 7.40. The highest BCUT2D eigenvalue weighted by Crippen LogP contribution is 2.37. The van der Waals surface area contributed by atoms with Gasteiger partial charge in [-0.15, -0.1) is 0 Å². The summed E-state index contributed by atoms with van der Waals surface area (Å²) in [4.78, 5) is 24.7. The topological polar surface area (TPSA) is 61.8 Å². The Kier molecular flexibility index (Phi) is 4.44. The van der Waals surface area contributed by atoms with Crippen molar-refractivity contribution >= 4 is 23.2 Å². The molecule has 0 N–H and O–H groups in total. The van der Waals surface area contributed by atoms with Crippen LogP contribution in [0.3, 0.4) is 0 Å². The predicted molar refractivity (Wildman–Crippen MR) is 88.3 cm³/mol. The Morgan fingerprint density at radius 1 is 1.12 bits per heavy atom. The number of hydrogen-bond acceptors (Lipinski definition) is 5. The van der Waals surface area contributed by atoms with Gasteiger partial charge in [-0.3, -0.25) is 9.59 Å². The molecule has 2 aromatic rings. The third-order valence-corrected chi connectivity index (χ3v) is 3.92. The summed E-state index contributed by atoms with van der Waals surface area (Å²) in [6.45, 7) is 2.35. The fourth-order valence-electron chi connectivity index (χ4n) is 2.55. The Bertz CT molecular complexity index is 815. The van der Waals surface area contributed by atoms with E-state index in [1.807, 2.05) is 6.92 Å². The second-order valence-electron chi connectivity index (χ2n) is 5.18. The number of ketones is 2. The van der Waals surface area contributed by atoms with Gasteiger partial charge in [-0.2, -0.15) is 0 Å². The van der Waals surface area contributed by atoms with E-state index in [0.29, 0.717) is 34.4 Å². The second-order valence-corrected chi connectivity index (χ2v) is 5.61. The molecule has 1 aliphatic heterocycles. The molecule has 3 rings (SSSR count). The summed E-state index contributed by atoms with van der Waals surface area (Å²) >= 11 is 5.94. The Balaban J connectivity index is 2.01. The van der Waals surface area contributed by atoms with E-state index in [2.05, 4.69) is 0 Å². The summed E-state index contributed by atoms with van der Waals surface area (Å²) < 4.78 is 16.5. The molecule has 1 atom stereocenters. The first-order chi connectivity index (χ1) is 11.5. The van der Waals surface area contributed by atoms with E-state index in [4.69, 9.17) is 25.8 Å². The van der Waals surface area contributed by atoms with Crippen molar-refractivity contribution in [1.82, 2.24) is 0 Å². The zero-order valence-electron chi connectivity index (χ0n) is 13.2. The van der Waals surface area contributed by atoms with Gasteiger partial charge in [0.2, 0.25) is 11.6 Å². The van der Waals surface area contributed by atoms with E-state index in [1.165, 1.54) is 19.2 Å². The summed E-state index contributed by atoms with van der Waals surface area (Å²) in [6.07, 6.45) is -1.03. The molecular formula is C18H15ClO5. The lowest BCUT2D eigenvalue weighted by atomic mass is 9.95. The molecule has 0 bridgehead atoms. The van der Waals surface area contributed by atoms with Gasteiger partial charge >= 0.3 is 0 Å². The third-order valence-electron chi connectivity index (χ3n) is 3.69. The molecule has 0 radical (unpaired) electrons. The Labute approximate surface area is 144 Å². The van der Waals surface area contributed by atoms with Gasteiger partial charge in [0.05, 0.1) is 19.3 Å². The monoisotopic (exact) mass is 346 g/mol. The molecule has 0 aromatic heterocycles. The molecule has 5 nitrogen and oxygen atoms in total. The van der Waals surface area contributed by atoms with Crippen molar-refractivity contribution in [3.05, 3.63) is 52.5 Å². The van der Waals surface area contributed by atoms with Crippen LogP contribution in [-0.4, -0.2) is 25.3 Å². The number of benzene rings is 2. The molecule has 124 valence electrons. The molecule has 0 spiro atoms. The summed E-state index contributed by atoms with van der Waals surface area (Å²) in [5, 5.41) is 0.430. The maximum absolute atomic E-state index is 12.4. The molecule has 6 heteroatoms. The number of methoxy groups -OCH3 is 1. The first-order valence-corrected chi connectivity index (χ1v) is 7.78. The first kappa shape index (κ1) is 16.3. The second kappa shape index (κ2) is 6.53. The fraction of sp³-hybridized carbons (Fsp3) is 0.222. The van der Waals surface area contributed by atoms with E-state index in [1.54, 1.807) is 24.3 Å². The van der Waals surface area contributed by atoms with Crippen molar-refractivity contribution in [2.75, 3.05) is 13.7 Å². The molecule has 0 aliphatic carbocycles. The average Bonchev–Trinajstić information content (AvgIpc) is 2.58. The minimum absolute atomic E-state index is 0.221. The maximum atomic E-state index is 12.4. The smallest absolute Gasteiger partial charge is 0.248 e. The van der Waals surface area contributed by atoms with Crippen molar-refractivity contribution in [1.29, 1.82) is 0 Å². The largest absolute Gasteiger partial charge is 0.493 e. The highest BCUT2D eigenvalue weighted by Gasteiger charge is 2.37. The number of halogens is 1. The SMILES string of the molecule is CCOc1ccc(C2Oc3cc(Cl)ccc3C(=O)C2=O)cc1OC. The number of fused-ring (bicyclic) bond motifs is 1. The number of hydrogen-bond donors (Lipinski definition) is 0. The van der Waals surface area contributed by atoms with Crippen LogP contribution < -0.4 is 14.2 Å². The van der Waals surface area contributed by atoms with Gasteiger partial charge in [-0.25, -0.2) is 0 Å². The van der Waals surface area contributed by atoms with Gasteiger partial charge < -0.3 is 14.2 Å². The molecule has 1 unspecified atom stereocenters. The normalized spacial score (nSPS) is 16.4.